The van der Waals surface area contributed by atoms with Crippen LogP contribution in [0.5, 0.6) is 5.75 Å². The predicted octanol–water partition coefficient (Wildman–Crippen LogP) is 2.01. The average Bonchev–Trinajstić information content (AvgIpc) is 2.62. The lowest BCUT2D eigenvalue weighted by Gasteiger charge is -2.41. The van der Waals surface area contributed by atoms with Crippen LogP contribution in [0.2, 0.25) is 0 Å². The number of benzene rings is 1. The molecule has 1 amide bonds. The smallest absolute Gasteiger partial charge is 0.242 e. The SMILES string of the molecule is COc1cccc(N2CCN(C(=O)C3(N)CCCCC3)CC2)c1. The molecule has 126 valence electrons. The van der Waals surface area contributed by atoms with Crippen molar-refractivity contribution in [1.29, 1.82) is 0 Å². The zero-order valence-corrected chi connectivity index (χ0v) is 14.0. The molecule has 1 saturated carbocycles. The van der Waals surface area contributed by atoms with Gasteiger partial charge in [0.25, 0.3) is 0 Å². The minimum atomic E-state index is -0.615. The summed E-state index contributed by atoms with van der Waals surface area (Å²) in [6.07, 6.45) is 5.03. The number of carbonyl (C=O) groups is 1. The van der Waals surface area contributed by atoms with Crippen LogP contribution in [-0.2, 0) is 4.79 Å². The van der Waals surface area contributed by atoms with Gasteiger partial charge in [-0.15, -0.1) is 0 Å². The molecule has 1 aliphatic heterocycles. The first-order valence-electron chi connectivity index (χ1n) is 8.60. The number of ether oxygens (including phenoxy) is 1. The van der Waals surface area contributed by atoms with E-state index < -0.39 is 5.54 Å². The van der Waals surface area contributed by atoms with Gasteiger partial charge in [0.15, 0.2) is 0 Å². The molecule has 0 aromatic heterocycles. The van der Waals surface area contributed by atoms with Crippen molar-refractivity contribution in [3.05, 3.63) is 24.3 Å². The second-order valence-corrected chi connectivity index (χ2v) is 6.70. The standard InChI is InChI=1S/C18H27N3O2/c1-23-16-7-5-6-15(14-16)20-10-12-21(13-11-20)17(22)18(19)8-3-2-4-9-18/h5-7,14H,2-4,8-13,19H2,1H3. The number of rotatable bonds is 3. The molecule has 2 N–H and O–H groups in total. The number of carbonyl (C=O) groups excluding carboxylic acids is 1. The van der Waals surface area contributed by atoms with Crippen molar-refractivity contribution in [3.8, 4) is 5.75 Å². The third-order valence-corrected chi connectivity index (χ3v) is 5.16. The van der Waals surface area contributed by atoms with Crippen molar-refractivity contribution in [2.24, 2.45) is 5.73 Å². The molecular weight excluding hydrogens is 290 g/mol. The molecule has 1 aromatic carbocycles. The van der Waals surface area contributed by atoms with Crippen molar-refractivity contribution in [1.82, 2.24) is 4.90 Å². The van der Waals surface area contributed by atoms with Gasteiger partial charge in [-0.3, -0.25) is 4.79 Å². The summed E-state index contributed by atoms with van der Waals surface area (Å²) in [4.78, 5) is 17.0. The molecule has 0 radical (unpaired) electrons. The van der Waals surface area contributed by atoms with Crippen LogP contribution in [0.4, 0.5) is 5.69 Å². The van der Waals surface area contributed by atoms with Crippen LogP contribution in [0.1, 0.15) is 32.1 Å². The Kier molecular flexibility index (Phi) is 4.76. The van der Waals surface area contributed by atoms with E-state index in [4.69, 9.17) is 10.5 Å². The van der Waals surface area contributed by atoms with Crippen molar-refractivity contribution in [2.75, 3.05) is 38.2 Å². The van der Waals surface area contributed by atoms with Gasteiger partial charge in [0.05, 0.1) is 12.6 Å². The molecule has 0 unspecified atom stereocenters. The molecule has 5 heteroatoms. The van der Waals surface area contributed by atoms with Crippen LogP contribution in [0.25, 0.3) is 0 Å². The Labute approximate surface area is 138 Å². The summed E-state index contributed by atoms with van der Waals surface area (Å²) in [5, 5.41) is 0. The third kappa shape index (κ3) is 3.44. The Balaban J connectivity index is 1.60. The topological polar surface area (TPSA) is 58.8 Å². The van der Waals surface area contributed by atoms with Crippen LogP contribution in [0.3, 0.4) is 0 Å². The van der Waals surface area contributed by atoms with Gasteiger partial charge in [0.1, 0.15) is 5.75 Å². The van der Waals surface area contributed by atoms with Crippen LogP contribution < -0.4 is 15.4 Å². The summed E-state index contributed by atoms with van der Waals surface area (Å²) >= 11 is 0. The summed E-state index contributed by atoms with van der Waals surface area (Å²) in [6, 6.07) is 8.09. The van der Waals surface area contributed by atoms with Gasteiger partial charge in [0, 0.05) is 37.9 Å². The van der Waals surface area contributed by atoms with Gasteiger partial charge in [-0.1, -0.05) is 25.3 Å². The van der Waals surface area contributed by atoms with Crippen LogP contribution in [0, 0.1) is 0 Å². The van der Waals surface area contributed by atoms with Gasteiger partial charge < -0.3 is 20.3 Å². The highest BCUT2D eigenvalue weighted by molar-refractivity contribution is 5.86. The minimum absolute atomic E-state index is 0.155. The Morgan fingerprint density at radius 3 is 2.48 bits per heavy atom. The normalized spacial score (nSPS) is 21.1. The van der Waals surface area contributed by atoms with Crippen LogP contribution >= 0.6 is 0 Å². The zero-order valence-electron chi connectivity index (χ0n) is 14.0. The van der Waals surface area contributed by atoms with E-state index in [-0.39, 0.29) is 5.91 Å². The van der Waals surface area contributed by atoms with Crippen LogP contribution in [0.15, 0.2) is 24.3 Å². The molecule has 2 aliphatic rings. The molecule has 0 spiro atoms. The Morgan fingerprint density at radius 2 is 1.83 bits per heavy atom. The fraction of sp³-hybridized carbons (Fsp3) is 0.611. The van der Waals surface area contributed by atoms with Gasteiger partial charge in [-0.2, -0.15) is 0 Å². The Bertz CT molecular complexity index is 547. The highest BCUT2D eigenvalue weighted by Gasteiger charge is 2.39. The number of piperazine rings is 1. The lowest BCUT2D eigenvalue weighted by molar-refractivity contribution is -0.138. The average molecular weight is 317 g/mol. The van der Waals surface area contributed by atoms with Gasteiger partial charge in [-0.05, 0) is 25.0 Å². The van der Waals surface area contributed by atoms with E-state index >= 15 is 0 Å². The fourth-order valence-corrected chi connectivity index (χ4v) is 3.69. The molecule has 0 bridgehead atoms. The molecule has 1 aromatic rings. The van der Waals surface area contributed by atoms with Crippen molar-refractivity contribution in [2.45, 2.75) is 37.6 Å². The quantitative estimate of drug-likeness (QED) is 0.926. The third-order valence-electron chi connectivity index (χ3n) is 5.16. The number of amides is 1. The zero-order chi connectivity index (χ0) is 16.3. The van der Waals surface area contributed by atoms with E-state index in [2.05, 4.69) is 11.0 Å². The molecule has 1 saturated heterocycles. The predicted molar refractivity (Wildman–Crippen MR) is 91.8 cm³/mol. The number of nitrogens with zero attached hydrogens (tertiary/aromatic N) is 2. The molecule has 5 nitrogen and oxygen atoms in total. The van der Waals surface area contributed by atoms with E-state index in [1.807, 2.05) is 23.1 Å². The maximum atomic E-state index is 12.8. The Morgan fingerprint density at radius 1 is 1.13 bits per heavy atom. The maximum Gasteiger partial charge on any atom is 0.242 e. The molecule has 1 aliphatic carbocycles. The molecule has 1 heterocycles. The largest absolute Gasteiger partial charge is 0.497 e. The number of hydrogen-bond donors (Lipinski definition) is 1. The number of methoxy groups -OCH3 is 1. The molecule has 2 fully saturated rings. The first-order chi connectivity index (χ1) is 11.1. The van der Waals surface area contributed by atoms with Gasteiger partial charge >= 0.3 is 0 Å². The molecule has 23 heavy (non-hydrogen) atoms. The Hall–Kier alpha value is -1.75. The first kappa shape index (κ1) is 16.1. The van der Waals surface area contributed by atoms with E-state index in [1.165, 1.54) is 6.42 Å². The number of anilines is 1. The highest BCUT2D eigenvalue weighted by Crippen LogP contribution is 2.29. The van der Waals surface area contributed by atoms with Gasteiger partial charge in [-0.25, -0.2) is 0 Å². The highest BCUT2D eigenvalue weighted by atomic mass is 16.5. The van der Waals surface area contributed by atoms with E-state index in [1.54, 1.807) is 7.11 Å². The van der Waals surface area contributed by atoms with Crippen LogP contribution in [-0.4, -0.2) is 49.6 Å². The van der Waals surface area contributed by atoms with Crippen molar-refractivity contribution < 1.29 is 9.53 Å². The van der Waals surface area contributed by atoms with E-state index in [0.29, 0.717) is 0 Å². The maximum absolute atomic E-state index is 12.8. The van der Waals surface area contributed by atoms with Gasteiger partial charge in [0.2, 0.25) is 5.91 Å². The van der Waals surface area contributed by atoms with Crippen molar-refractivity contribution in [3.63, 3.8) is 0 Å². The number of nitrogens with two attached hydrogens (primary N) is 1. The summed E-state index contributed by atoms with van der Waals surface area (Å²) < 4.78 is 5.29. The summed E-state index contributed by atoms with van der Waals surface area (Å²) in [7, 11) is 1.68. The minimum Gasteiger partial charge on any atom is -0.497 e. The molecule has 0 atom stereocenters. The summed E-state index contributed by atoms with van der Waals surface area (Å²) in [5.41, 5.74) is 6.93. The monoisotopic (exact) mass is 317 g/mol. The summed E-state index contributed by atoms with van der Waals surface area (Å²) in [6.45, 7) is 3.17. The lowest BCUT2D eigenvalue weighted by atomic mass is 9.81. The summed E-state index contributed by atoms with van der Waals surface area (Å²) in [5.74, 6) is 1.02. The van der Waals surface area contributed by atoms with E-state index in [9.17, 15) is 4.79 Å². The second-order valence-electron chi connectivity index (χ2n) is 6.70. The van der Waals surface area contributed by atoms with Crippen molar-refractivity contribution >= 4 is 11.6 Å². The molecular formula is C18H27N3O2. The van der Waals surface area contributed by atoms with E-state index in [0.717, 1.165) is 63.3 Å². The molecule has 3 rings (SSSR count). The second kappa shape index (κ2) is 6.79. The number of hydrogen-bond acceptors (Lipinski definition) is 4. The lowest BCUT2D eigenvalue weighted by Crippen LogP contribution is -2.60. The fourth-order valence-electron chi connectivity index (χ4n) is 3.69. The first-order valence-corrected chi connectivity index (χ1v) is 8.60.